The first-order valence-electron chi connectivity index (χ1n) is 5.39. The summed E-state index contributed by atoms with van der Waals surface area (Å²) in [6.45, 7) is 2.98. The molecule has 2 rings (SSSR count). The lowest BCUT2D eigenvalue weighted by Gasteiger charge is -2.29. The van der Waals surface area contributed by atoms with Gasteiger partial charge in [0.15, 0.2) is 0 Å². The second-order valence-corrected chi connectivity index (χ2v) is 4.85. The fraction of sp³-hybridized carbons (Fsp3) is 0.545. The smallest absolute Gasteiger partial charge is 0.232 e. The molecule has 1 aliphatic heterocycles. The molecule has 0 radical (unpaired) electrons. The Kier molecular flexibility index (Phi) is 4.45. The van der Waals surface area contributed by atoms with Crippen LogP contribution in [0.4, 0.5) is 0 Å². The van der Waals surface area contributed by atoms with Crippen molar-refractivity contribution in [1.82, 2.24) is 9.88 Å². The second-order valence-electron chi connectivity index (χ2n) is 4.01. The van der Waals surface area contributed by atoms with E-state index in [1.807, 2.05) is 0 Å². The summed E-state index contributed by atoms with van der Waals surface area (Å²) in [5.41, 5.74) is 0. The van der Waals surface area contributed by atoms with Crippen LogP contribution in [-0.4, -0.2) is 49.3 Å². The van der Waals surface area contributed by atoms with Crippen molar-refractivity contribution in [2.45, 2.75) is 6.10 Å². The zero-order valence-electron chi connectivity index (χ0n) is 9.53. The summed E-state index contributed by atoms with van der Waals surface area (Å²) in [5.74, 6) is 0.396. The van der Waals surface area contributed by atoms with Crippen molar-refractivity contribution in [2.75, 3.05) is 33.4 Å². The van der Waals surface area contributed by atoms with E-state index in [0.29, 0.717) is 22.5 Å². The van der Waals surface area contributed by atoms with Crippen LogP contribution < -0.4 is 4.74 Å². The number of hydrogen-bond acceptors (Lipinski definition) is 4. The number of halogens is 2. The molecule has 1 aliphatic rings. The quantitative estimate of drug-likeness (QED) is 0.847. The maximum atomic E-state index is 5.95. The molecule has 1 aromatic heterocycles. The summed E-state index contributed by atoms with van der Waals surface area (Å²) in [6, 6.07) is 1.61. The van der Waals surface area contributed by atoms with Crippen LogP contribution in [0.25, 0.3) is 0 Å². The van der Waals surface area contributed by atoms with Crippen LogP contribution >= 0.6 is 23.2 Å². The number of pyridine rings is 1. The van der Waals surface area contributed by atoms with Crippen LogP contribution in [0.1, 0.15) is 0 Å². The lowest BCUT2D eigenvalue weighted by Crippen LogP contribution is -2.42. The van der Waals surface area contributed by atoms with Gasteiger partial charge in [0, 0.05) is 19.3 Å². The van der Waals surface area contributed by atoms with Crippen molar-refractivity contribution in [2.24, 2.45) is 0 Å². The Morgan fingerprint density at radius 2 is 2.41 bits per heavy atom. The molecule has 0 aromatic carbocycles. The summed E-state index contributed by atoms with van der Waals surface area (Å²) in [4.78, 5) is 6.23. The average molecular weight is 277 g/mol. The van der Waals surface area contributed by atoms with Gasteiger partial charge in [-0.2, -0.15) is 0 Å². The number of hydrogen-bond donors (Lipinski definition) is 0. The molecule has 2 heterocycles. The van der Waals surface area contributed by atoms with E-state index < -0.39 is 0 Å². The minimum atomic E-state index is 0.0577. The molecule has 1 aromatic rings. The fourth-order valence-corrected chi connectivity index (χ4v) is 2.08. The van der Waals surface area contributed by atoms with Crippen molar-refractivity contribution in [3.8, 4) is 5.88 Å². The highest BCUT2D eigenvalue weighted by Crippen LogP contribution is 2.24. The number of morpholine rings is 1. The maximum absolute atomic E-state index is 5.95. The molecular weight excluding hydrogens is 263 g/mol. The first-order valence-corrected chi connectivity index (χ1v) is 6.15. The van der Waals surface area contributed by atoms with E-state index in [4.69, 9.17) is 32.7 Å². The van der Waals surface area contributed by atoms with E-state index in [1.54, 1.807) is 6.07 Å². The van der Waals surface area contributed by atoms with E-state index in [1.165, 1.54) is 6.20 Å². The van der Waals surface area contributed by atoms with Gasteiger partial charge in [0.2, 0.25) is 5.88 Å². The number of likely N-dealkylation sites (N-methyl/N-ethyl adjacent to an activating group) is 1. The highest BCUT2D eigenvalue weighted by molar-refractivity contribution is 6.35. The summed E-state index contributed by atoms with van der Waals surface area (Å²) >= 11 is 11.7. The standard InChI is InChI=1S/C11H14Cl2N2O2/c1-15-2-3-16-9(6-15)7-17-11-10(13)4-8(12)5-14-11/h4-5,9H,2-3,6-7H2,1H3. The molecule has 4 nitrogen and oxygen atoms in total. The summed E-state index contributed by atoms with van der Waals surface area (Å²) < 4.78 is 11.1. The first-order chi connectivity index (χ1) is 8.15. The van der Waals surface area contributed by atoms with Gasteiger partial charge >= 0.3 is 0 Å². The SMILES string of the molecule is CN1CCOC(COc2ncc(Cl)cc2Cl)C1. The molecule has 0 spiro atoms. The normalized spacial score (nSPS) is 21.5. The zero-order valence-corrected chi connectivity index (χ0v) is 11.0. The van der Waals surface area contributed by atoms with E-state index in [2.05, 4.69) is 16.9 Å². The molecule has 0 amide bonds. The lowest BCUT2D eigenvalue weighted by molar-refractivity contribution is -0.0409. The van der Waals surface area contributed by atoms with Crippen LogP contribution in [0.15, 0.2) is 12.3 Å². The summed E-state index contributed by atoms with van der Waals surface area (Å²) in [6.07, 6.45) is 1.57. The van der Waals surface area contributed by atoms with E-state index in [9.17, 15) is 0 Å². The molecule has 1 unspecified atom stereocenters. The molecule has 1 saturated heterocycles. The largest absolute Gasteiger partial charge is 0.474 e. The number of rotatable bonds is 3. The van der Waals surface area contributed by atoms with Gasteiger partial charge in [-0.05, 0) is 13.1 Å². The molecule has 0 bridgehead atoms. The number of ether oxygens (including phenoxy) is 2. The Labute approximate surface area is 110 Å². The predicted octanol–water partition coefficient (Wildman–Crippen LogP) is 2.10. The van der Waals surface area contributed by atoms with Crippen molar-refractivity contribution >= 4 is 23.2 Å². The Bertz CT molecular complexity index is 390. The van der Waals surface area contributed by atoms with Gasteiger partial charge in [-0.25, -0.2) is 4.98 Å². The zero-order chi connectivity index (χ0) is 12.3. The van der Waals surface area contributed by atoms with Gasteiger partial charge < -0.3 is 14.4 Å². The van der Waals surface area contributed by atoms with Gasteiger partial charge in [-0.3, -0.25) is 0 Å². The van der Waals surface area contributed by atoms with Crippen LogP contribution in [0.2, 0.25) is 10.0 Å². The molecule has 0 N–H and O–H groups in total. The fourth-order valence-electron chi connectivity index (χ4n) is 1.65. The van der Waals surface area contributed by atoms with Crippen LogP contribution in [0.5, 0.6) is 5.88 Å². The molecular formula is C11H14Cl2N2O2. The minimum absolute atomic E-state index is 0.0577. The van der Waals surface area contributed by atoms with Crippen molar-refractivity contribution < 1.29 is 9.47 Å². The average Bonchev–Trinajstić information content (AvgIpc) is 2.28. The van der Waals surface area contributed by atoms with Gasteiger partial charge in [-0.15, -0.1) is 0 Å². The molecule has 6 heteroatoms. The Hall–Kier alpha value is -0.550. The monoisotopic (exact) mass is 276 g/mol. The third kappa shape index (κ3) is 3.71. The van der Waals surface area contributed by atoms with Gasteiger partial charge in [-0.1, -0.05) is 23.2 Å². The molecule has 94 valence electrons. The summed E-state index contributed by atoms with van der Waals surface area (Å²) in [7, 11) is 2.06. The van der Waals surface area contributed by atoms with Crippen LogP contribution in [0.3, 0.4) is 0 Å². The van der Waals surface area contributed by atoms with Crippen molar-refractivity contribution in [1.29, 1.82) is 0 Å². The molecule has 17 heavy (non-hydrogen) atoms. The van der Waals surface area contributed by atoms with Gasteiger partial charge in [0.05, 0.1) is 11.6 Å². The topological polar surface area (TPSA) is 34.6 Å². The minimum Gasteiger partial charge on any atom is -0.474 e. The molecule has 0 saturated carbocycles. The maximum Gasteiger partial charge on any atom is 0.232 e. The van der Waals surface area contributed by atoms with Crippen molar-refractivity contribution in [3.63, 3.8) is 0 Å². The van der Waals surface area contributed by atoms with Crippen LogP contribution in [-0.2, 0) is 4.74 Å². The first kappa shape index (κ1) is 12.9. The van der Waals surface area contributed by atoms with E-state index in [0.717, 1.165) is 19.7 Å². The number of aromatic nitrogens is 1. The number of nitrogens with zero attached hydrogens (tertiary/aromatic N) is 2. The highest BCUT2D eigenvalue weighted by Gasteiger charge is 2.18. The van der Waals surface area contributed by atoms with Gasteiger partial charge in [0.25, 0.3) is 0 Å². The highest BCUT2D eigenvalue weighted by atomic mass is 35.5. The Morgan fingerprint density at radius 1 is 1.59 bits per heavy atom. The van der Waals surface area contributed by atoms with Crippen molar-refractivity contribution in [3.05, 3.63) is 22.3 Å². The Balaban J connectivity index is 1.88. The molecule has 0 aliphatic carbocycles. The lowest BCUT2D eigenvalue weighted by atomic mass is 10.3. The van der Waals surface area contributed by atoms with Crippen LogP contribution in [0, 0.1) is 0 Å². The van der Waals surface area contributed by atoms with Gasteiger partial charge in [0.1, 0.15) is 17.7 Å². The van der Waals surface area contributed by atoms with E-state index >= 15 is 0 Å². The second kappa shape index (κ2) is 5.87. The Morgan fingerprint density at radius 3 is 3.12 bits per heavy atom. The third-order valence-corrected chi connectivity index (χ3v) is 3.00. The molecule has 1 atom stereocenters. The molecule has 1 fully saturated rings. The predicted molar refractivity (Wildman–Crippen MR) is 67.0 cm³/mol. The summed E-state index contributed by atoms with van der Waals surface area (Å²) in [5, 5.41) is 0.915. The third-order valence-electron chi connectivity index (χ3n) is 2.52. The van der Waals surface area contributed by atoms with E-state index in [-0.39, 0.29) is 6.10 Å².